The Labute approximate surface area is 95.9 Å². The van der Waals surface area contributed by atoms with Crippen LogP contribution in [0.3, 0.4) is 0 Å². The van der Waals surface area contributed by atoms with Crippen LogP contribution in [-0.2, 0) is 0 Å². The normalized spacial score (nSPS) is 13.3. The first-order chi connectivity index (χ1) is 6.73. The molecular weight excluding hydrogens is 199 g/mol. The molecule has 84 valence electrons. The minimum Gasteiger partial charge on any atom is -0.0643 e. The minimum absolute atomic E-state index is 0.138. The summed E-state index contributed by atoms with van der Waals surface area (Å²) in [5.41, 5.74) is 0. The molecule has 0 aliphatic rings. The highest BCUT2D eigenvalue weighted by Crippen LogP contribution is 2.57. The molecule has 0 aliphatic heterocycles. The van der Waals surface area contributed by atoms with Gasteiger partial charge < -0.3 is 0 Å². The van der Waals surface area contributed by atoms with Gasteiger partial charge in [-0.05, 0) is 15.6 Å². The van der Waals surface area contributed by atoms with E-state index in [1.165, 1.54) is 5.30 Å². The molecule has 1 aromatic rings. The summed E-state index contributed by atoms with van der Waals surface area (Å²) in [4.78, 5) is 0. The van der Waals surface area contributed by atoms with Crippen molar-refractivity contribution in [3.05, 3.63) is 30.3 Å². The molecule has 0 spiro atoms. The van der Waals surface area contributed by atoms with Crippen molar-refractivity contribution < 1.29 is 0 Å². The summed E-state index contributed by atoms with van der Waals surface area (Å²) in [5.74, 6) is 0. The third-order valence-electron chi connectivity index (χ3n) is 2.36. The predicted molar refractivity (Wildman–Crippen MR) is 72.5 cm³/mol. The van der Waals surface area contributed by atoms with Crippen LogP contribution in [0.15, 0.2) is 30.3 Å². The van der Waals surface area contributed by atoms with Gasteiger partial charge in [0.15, 0.2) is 0 Å². The topological polar surface area (TPSA) is 0 Å². The smallest absolute Gasteiger partial charge is 0.0134 e. The van der Waals surface area contributed by atoms with Crippen LogP contribution < -0.4 is 5.30 Å². The Hall–Kier alpha value is -0.350. The van der Waals surface area contributed by atoms with Gasteiger partial charge in [-0.15, -0.1) is 0 Å². The van der Waals surface area contributed by atoms with Crippen LogP contribution in [0.1, 0.15) is 41.5 Å². The van der Waals surface area contributed by atoms with Crippen LogP contribution in [0.2, 0.25) is 0 Å². The summed E-state index contributed by atoms with van der Waals surface area (Å²) in [6, 6.07) is 11.0. The molecule has 0 bridgehead atoms. The SMILES string of the molecule is CC(C)(C)P(c1ccccc1)C(C)(C)C. The van der Waals surface area contributed by atoms with Crippen LogP contribution in [-0.4, -0.2) is 10.3 Å². The second-order valence-corrected chi connectivity index (χ2v) is 9.88. The summed E-state index contributed by atoms with van der Waals surface area (Å²) < 4.78 is 0. The minimum atomic E-state index is -0.138. The van der Waals surface area contributed by atoms with Crippen molar-refractivity contribution in [2.24, 2.45) is 0 Å². The van der Waals surface area contributed by atoms with E-state index in [1.807, 2.05) is 0 Å². The first kappa shape index (κ1) is 12.7. The van der Waals surface area contributed by atoms with Crippen molar-refractivity contribution in [1.82, 2.24) is 0 Å². The lowest BCUT2D eigenvalue weighted by Crippen LogP contribution is -2.30. The van der Waals surface area contributed by atoms with Gasteiger partial charge in [-0.3, -0.25) is 0 Å². The van der Waals surface area contributed by atoms with Gasteiger partial charge in [0.05, 0.1) is 0 Å². The Morgan fingerprint density at radius 1 is 0.733 bits per heavy atom. The monoisotopic (exact) mass is 222 g/mol. The van der Waals surface area contributed by atoms with E-state index in [9.17, 15) is 0 Å². The number of benzene rings is 1. The summed E-state index contributed by atoms with van der Waals surface area (Å²) in [6.45, 7) is 14.1. The van der Waals surface area contributed by atoms with E-state index in [0.717, 1.165) is 0 Å². The summed E-state index contributed by atoms with van der Waals surface area (Å²) in [6.07, 6.45) is 0. The highest BCUT2D eigenvalue weighted by Gasteiger charge is 2.35. The molecular formula is C14H23P. The fourth-order valence-corrected chi connectivity index (χ4v) is 6.39. The van der Waals surface area contributed by atoms with Crippen molar-refractivity contribution in [1.29, 1.82) is 0 Å². The van der Waals surface area contributed by atoms with E-state index in [-0.39, 0.29) is 7.92 Å². The summed E-state index contributed by atoms with van der Waals surface area (Å²) in [5, 5.41) is 2.26. The van der Waals surface area contributed by atoms with E-state index >= 15 is 0 Å². The average Bonchev–Trinajstić information content (AvgIpc) is 2.00. The number of rotatable bonds is 1. The average molecular weight is 222 g/mol. The third kappa shape index (κ3) is 3.31. The van der Waals surface area contributed by atoms with E-state index in [1.54, 1.807) is 0 Å². The molecule has 0 heterocycles. The third-order valence-corrected chi connectivity index (χ3v) is 5.85. The summed E-state index contributed by atoms with van der Waals surface area (Å²) in [7, 11) is -0.138. The summed E-state index contributed by atoms with van der Waals surface area (Å²) >= 11 is 0. The standard InChI is InChI=1S/C14H23P/c1-13(2,3)15(14(4,5)6)12-10-8-7-9-11-12/h7-11H,1-6H3. The highest BCUT2D eigenvalue weighted by atomic mass is 31.1. The molecule has 15 heavy (non-hydrogen) atoms. The largest absolute Gasteiger partial charge is 0.0643 e. The van der Waals surface area contributed by atoms with E-state index in [0.29, 0.717) is 10.3 Å². The lowest BCUT2D eigenvalue weighted by atomic mass is 10.2. The Balaban J connectivity index is 3.15. The van der Waals surface area contributed by atoms with Crippen LogP contribution in [0.5, 0.6) is 0 Å². The first-order valence-electron chi connectivity index (χ1n) is 5.58. The van der Waals surface area contributed by atoms with Crippen molar-refractivity contribution >= 4 is 13.2 Å². The predicted octanol–water partition coefficient (Wildman–Crippen LogP) is 4.39. The number of hydrogen-bond acceptors (Lipinski definition) is 0. The lowest BCUT2D eigenvalue weighted by Gasteiger charge is -2.41. The lowest BCUT2D eigenvalue weighted by molar-refractivity contribution is 0.715. The van der Waals surface area contributed by atoms with Gasteiger partial charge in [0.25, 0.3) is 0 Å². The Morgan fingerprint density at radius 2 is 1.13 bits per heavy atom. The second-order valence-electron chi connectivity index (χ2n) is 6.01. The molecule has 0 aromatic heterocycles. The van der Waals surface area contributed by atoms with Crippen LogP contribution in [0.25, 0.3) is 0 Å². The molecule has 1 heteroatoms. The van der Waals surface area contributed by atoms with E-state index in [2.05, 4.69) is 71.9 Å². The van der Waals surface area contributed by atoms with Crippen LogP contribution in [0, 0.1) is 0 Å². The fourth-order valence-electron chi connectivity index (χ4n) is 2.36. The molecule has 0 aliphatic carbocycles. The van der Waals surface area contributed by atoms with Crippen LogP contribution >= 0.6 is 7.92 Å². The van der Waals surface area contributed by atoms with E-state index in [4.69, 9.17) is 0 Å². The number of hydrogen-bond donors (Lipinski definition) is 0. The highest BCUT2D eigenvalue weighted by molar-refractivity contribution is 7.68. The zero-order valence-electron chi connectivity index (χ0n) is 10.8. The van der Waals surface area contributed by atoms with Gasteiger partial charge >= 0.3 is 0 Å². The molecule has 0 atom stereocenters. The van der Waals surface area contributed by atoms with Crippen molar-refractivity contribution in [2.45, 2.75) is 51.9 Å². The van der Waals surface area contributed by atoms with Gasteiger partial charge in [-0.25, -0.2) is 0 Å². The van der Waals surface area contributed by atoms with Crippen molar-refractivity contribution in [3.63, 3.8) is 0 Å². The molecule has 1 rings (SSSR count). The maximum atomic E-state index is 2.36. The van der Waals surface area contributed by atoms with Crippen molar-refractivity contribution in [3.8, 4) is 0 Å². The zero-order chi connectivity index (χ0) is 11.7. The fraction of sp³-hybridized carbons (Fsp3) is 0.571. The second kappa shape index (κ2) is 4.26. The molecule has 1 aromatic carbocycles. The molecule has 0 unspecified atom stereocenters. The maximum absolute atomic E-state index is 2.36. The maximum Gasteiger partial charge on any atom is -0.0134 e. The Bertz CT molecular complexity index is 286. The van der Waals surface area contributed by atoms with Gasteiger partial charge in [-0.2, -0.15) is 0 Å². The molecule has 0 fully saturated rings. The quantitative estimate of drug-likeness (QED) is 0.618. The zero-order valence-corrected chi connectivity index (χ0v) is 11.7. The molecule has 0 radical (unpaired) electrons. The molecule has 0 saturated carbocycles. The molecule has 0 nitrogen and oxygen atoms in total. The molecule has 0 amide bonds. The Kier molecular flexibility index (Phi) is 3.61. The van der Waals surface area contributed by atoms with Crippen molar-refractivity contribution in [2.75, 3.05) is 0 Å². The Morgan fingerprint density at radius 3 is 1.47 bits per heavy atom. The molecule has 0 N–H and O–H groups in total. The van der Waals surface area contributed by atoms with Gasteiger partial charge in [0, 0.05) is 0 Å². The van der Waals surface area contributed by atoms with Gasteiger partial charge in [-0.1, -0.05) is 79.8 Å². The molecule has 0 saturated heterocycles. The van der Waals surface area contributed by atoms with Gasteiger partial charge in [0.1, 0.15) is 0 Å². The van der Waals surface area contributed by atoms with Gasteiger partial charge in [0.2, 0.25) is 0 Å². The van der Waals surface area contributed by atoms with E-state index < -0.39 is 0 Å². The first-order valence-corrected chi connectivity index (χ1v) is 6.92. The van der Waals surface area contributed by atoms with Crippen LogP contribution in [0.4, 0.5) is 0 Å².